The summed E-state index contributed by atoms with van der Waals surface area (Å²) in [5.74, 6) is -0.133. The average Bonchev–Trinajstić information content (AvgIpc) is 3.28. The summed E-state index contributed by atoms with van der Waals surface area (Å²) in [5, 5.41) is 29.6. The van der Waals surface area contributed by atoms with Crippen molar-refractivity contribution in [3.8, 4) is 5.75 Å². The van der Waals surface area contributed by atoms with Crippen LogP contribution in [-0.4, -0.2) is 39.1 Å². The first-order valence-electron chi connectivity index (χ1n) is 12.6. The average molecular weight is 482 g/mol. The van der Waals surface area contributed by atoms with Gasteiger partial charge in [-0.2, -0.15) is 0 Å². The summed E-state index contributed by atoms with van der Waals surface area (Å²) in [5.41, 5.74) is 7.04. The minimum atomic E-state index is -1.06. The lowest BCUT2D eigenvalue weighted by Crippen LogP contribution is -2.26. The van der Waals surface area contributed by atoms with E-state index in [1.807, 2.05) is 0 Å². The van der Waals surface area contributed by atoms with Gasteiger partial charge in [-0.25, -0.2) is 0 Å². The lowest BCUT2D eigenvalue weighted by Gasteiger charge is -2.33. The van der Waals surface area contributed by atoms with Crippen LogP contribution in [0.5, 0.6) is 5.75 Å². The molecule has 0 saturated carbocycles. The minimum absolute atomic E-state index is 0.0484. The molecule has 6 heteroatoms. The Morgan fingerprint density at radius 3 is 2.29 bits per heavy atom. The van der Waals surface area contributed by atoms with Crippen molar-refractivity contribution in [1.29, 1.82) is 0 Å². The van der Waals surface area contributed by atoms with E-state index in [-0.39, 0.29) is 23.9 Å². The third-order valence-electron chi connectivity index (χ3n) is 7.04. The fourth-order valence-electron chi connectivity index (χ4n) is 5.65. The van der Waals surface area contributed by atoms with Gasteiger partial charge >= 0.3 is 5.97 Å². The van der Waals surface area contributed by atoms with Gasteiger partial charge in [0.05, 0.1) is 18.6 Å². The highest BCUT2D eigenvalue weighted by atomic mass is 16.5. The van der Waals surface area contributed by atoms with Gasteiger partial charge in [-0.3, -0.25) is 4.79 Å². The molecular weight excluding hydrogens is 442 g/mol. The molecule has 0 amide bonds. The summed E-state index contributed by atoms with van der Waals surface area (Å²) < 4.78 is 6.48. The Labute approximate surface area is 208 Å². The number of aliphatic hydroxyl groups excluding tert-OH is 2. The van der Waals surface area contributed by atoms with Crippen LogP contribution in [-0.2, 0) is 36.1 Å². The zero-order chi connectivity index (χ0) is 25.5. The van der Waals surface area contributed by atoms with Gasteiger partial charge in [0.15, 0.2) is 0 Å². The van der Waals surface area contributed by atoms with E-state index in [0.717, 1.165) is 30.8 Å². The van der Waals surface area contributed by atoms with Crippen LogP contribution in [0.4, 0.5) is 5.69 Å². The number of carbonyl (C=O) groups is 1. The van der Waals surface area contributed by atoms with Crippen molar-refractivity contribution in [3.05, 3.63) is 58.1 Å². The Morgan fingerprint density at radius 2 is 1.71 bits per heavy atom. The Hall–Kier alpha value is -2.57. The third-order valence-corrected chi connectivity index (χ3v) is 7.04. The highest BCUT2D eigenvalue weighted by molar-refractivity contribution is 5.69. The van der Waals surface area contributed by atoms with Gasteiger partial charge in [0.25, 0.3) is 0 Å². The molecule has 0 aliphatic carbocycles. The van der Waals surface area contributed by atoms with Gasteiger partial charge in [0.2, 0.25) is 0 Å². The Balaban J connectivity index is 1.70. The van der Waals surface area contributed by atoms with E-state index in [2.05, 4.69) is 69.9 Å². The Kier molecular flexibility index (Phi) is 6.91. The van der Waals surface area contributed by atoms with Gasteiger partial charge in [-0.15, -0.1) is 0 Å². The van der Waals surface area contributed by atoms with E-state index in [4.69, 9.17) is 9.84 Å². The number of carboxylic acids is 1. The van der Waals surface area contributed by atoms with Crippen LogP contribution in [0.15, 0.2) is 30.3 Å². The number of hydrogen-bond acceptors (Lipinski definition) is 5. The summed E-state index contributed by atoms with van der Waals surface area (Å²) in [4.78, 5) is 13.3. The molecule has 2 atom stereocenters. The van der Waals surface area contributed by atoms with Crippen LogP contribution >= 0.6 is 0 Å². The van der Waals surface area contributed by atoms with Crippen molar-refractivity contribution in [2.24, 2.45) is 0 Å². The molecule has 4 rings (SSSR count). The highest BCUT2D eigenvalue weighted by Crippen LogP contribution is 2.48. The lowest BCUT2D eigenvalue weighted by atomic mass is 9.79. The van der Waals surface area contributed by atoms with Crippen LogP contribution in [0.2, 0.25) is 0 Å². The summed E-state index contributed by atoms with van der Waals surface area (Å²) in [7, 11) is 0. The molecule has 6 nitrogen and oxygen atoms in total. The first-order chi connectivity index (χ1) is 16.3. The minimum Gasteiger partial charge on any atom is -0.487 e. The normalized spacial score (nSPS) is 18.1. The van der Waals surface area contributed by atoms with E-state index in [1.165, 1.54) is 27.9 Å². The quantitative estimate of drug-likeness (QED) is 0.505. The molecule has 0 spiro atoms. The van der Waals surface area contributed by atoms with Gasteiger partial charge in [-0.05, 0) is 61.3 Å². The van der Waals surface area contributed by atoms with E-state index in [9.17, 15) is 15.0 Å². The molecule has 0 fully saturated rings. The molecule has 2 unspecified atom stereocenters. The van der Waals surface area contributed by atoms with Crippen molar-refractivity contribution in [2.75, 3.05) is 4.90 Å². The zero-order valence-corrected chi connectivity index (χ0v) is 21.6. The summed E-state index contributed by atoms with van der Waals surface area (Å²) in [6.07, 6.45) is -0.301. The second kappa shape index (κ2) is 9.47. The second-order valence-electron chi connectivity index (χ2n) is 11.8. The maximum atomic E-state index is 10.9. The van der Waals surface area contributed by atoms with Crippen molar-refractivity contribution in [1.82, 2.24) is 0 Å². The predicted octanol–water partition coefficient (Wildman–Crippen LogP) is 4.74. The zero-order valence-electron chi connectivity index (χ0n) is 21.6. The topological polar surface area (TPSA) is 90.2 Å². The summed E-state index contributed by atoms with van der Waals surface area (Å²) in [6, 6.07) is 10.9. The maximum Gasteiger partial charge on any atom is 0.305 e. The van der Waals surface area contributed by atoms with Crippen molar-refractivity contribution in [3.63, 3.8) is 0 Å². The third kappa shape index (κ3) is 5.65. The molecule has 3 N–H and O–H groups in total. The first-order valence-corrected chi connectivity index (χ1v) is 12.6. The lowest BCUT2D eigenvalue weighted by molar-refractivity contribution is -0.139. The van der Waals surface area contributed by atoms with E-state index in [1.54, 1.807) is 0 Å². The number of aliphatic hydroxyl groups is 2. The van der Waals surface area contributed by atoms with E-state index < -0.39 is 18.2 Å². The monoisotopic (exact) mass is 481 g/mol. The Morgan fingerprint density at radius 1 is 1.09 bits per heavy atom. The van der Waals surface area contributed by atoms with E-state index >= 15 is 0 Å². The van der Waals surface area contributed by atoms with Gasteiger partial charge < -0.3 is 25.0 Å². The summed E-state index contributed by atoms with van der Waals surface area (Å²) in [6.45, 7) is 12.6. The van der Waals surface area contributed by atoms with Crippen LogP contribution in [0.3, 0.4) is 0 Å². The summed E-state index contributed by atoms with van der Waals surface area (Å²) >= 11 is 0. The van der Waals surface area contributed by atoms with E-state index in [0.29, 0.717) is 12.8 Å². The molecule has 2 heterocycles. The number of hydrogen-bond donors (Lipinski definition) is 3. The van der Waals surface area contributed by atoms with Gasteiger partial charge in [0, 0.05) is 36.3 Å². The van der Waals surface area contributed by atoms with Crippen molar-refractivity contribution in [2.45, 2.75) is 103 Å². The fourth-order valence-corrected chi connectivity index (χ4v) is 5.65. The standard InChI is InChI=1S/C29H39NO5/c1-28(2,3)26-23(11-10-21(31)13-22(32)14-25(33)34)27-20(15-29(4,5)35-27)12-24(26)30-16-18-8-6-7-9-19(18)17-30/h6-9,12,21-22,31-32H,10-11,13-17H2,1-5H3,(H,33,34). The molecular formula is C29H39NO5. The van der Waals surface area contributed by atoms with Crippen molar-refractivity contribution < 1.29 is 24.9 Å². The van der Waals surface area contributed by atoms with Gasteiger partial charge in [0.1, 0.15) is 11.4 Å². The van der Waals surface area contributed by atoms with Crippen LogP contribution in [0, 0.1) is 0 Å². The smallest absolute Gasteiger partial charge is 0.305 e. The number of nitrogens with zero attached hydrogens (tertiary/aromatic N) is 1. The number of carboxylic acid groups (broad SMARTS) is 1. The predicted molar refractivity (Wildman–Crippen MR) is 137 cm³/mol. The first kappa shape index (κ1) is 25.5. The van der Waals surface area contributed by atoms with Crippen LogP contribution < -0.4 is 9.64 Å². The maximum absolute atomic E-state index is 10.9. The van der Waals surface area contributed by atoms with Gasteiger partial charge in [-0.1, -0.05) is 45.0 Å². The van der Waals surface area contributed by atoms with Crippen molar-refractivity contribution >= 4 is 11.7 Å². The number of ether oxygens (including phenoxy) is 1. The molecule has 190 valence electrons. The largest absolute Gasteiger partial charge is 0.487 e. The molecule has 0 saturated heterocycles. The van der Waals surface area contributed by atoms with Crippen LogP contribution in [0.25, 0.3) is 0 Å². The molecule has 2 aromatic rings. The molecule has 0 bridgehead atoms. The molecule has 35 heavy (non-hydrogen) atoms. The molecule has 2 aliphatic rings. The number of benzene rings is 2. The molecule has 0 aromatic heterocycles. The SMILES string of the molecule is CC1(C)Cc2cc(N3Cc4ccccc4C3)c(C(C)(C)C)c(CCC(O)CC(O)CC(=O)O)c2O1. The molecule has 2 aliphatic heterocycles. The number of aliphatic carboxylic acids is 1. The number of anilines is 1. The molecule has 2 aromatic carbocycles. The highest BCUT2D eigenvalue weighted by Gasteiger charge is 2.38. The number of rotatable bonds is 8. The fraction of sp³-hybridized carbons (Fsp3) is 0.552. The van der Waals surface area contributed by atoms with Crippen LogP contribution in [0.1, 0.15) is 81.7 Å². The number of fused-ring (bicyclic) bond motifs is 2. The Bertz CT molecular complexity index is 1080. The second-order valence-corrected chi connectivity index (χ2v) is 11.8. The molecule has 0 radical (unpaired) electrons.